The Labute approximate surface area is 122 Å². The van der Waals surface area contributed by atoms with E-state index in [1.165, 1.54) is 0 Å². The topological polar surface area (TPSA) is 55.4 Å². The van der Waals surface area contributed by atoms with Crippen molar-refractivity contribution >= 4 is 26.0 Å². The minimum Gasteiger partial charge on any atom is -0.378 e. The maximum absolute atomic E-state index is 12.2. The van der Waals surface area contributed by atoms with Crippen LogP contribution >= 0.6 is 15.9 Å². The van der Waals surface area contributed by atoms with Crippen molar-refractivity contribution in [1.82, 2.24) is 4.72 Å². The zero-order valence-electron chi connectivity index (χ0n) is 10.8. The monoisotopic (exact) mass is 347 g/mol. The number of ether oxygens (including phenoxy) is 1. The van der Waals surface area contributed by atoms with Gasteiger partial charge in [0.15, 0.2) is 0 Å². The molecule has 1 heterocycles. The summed E-state index contributed by atoms with van der Waals surface area (Å²) in [4.78, 5) is 0.286. The van der Waals surface area contributed by atoms with Gasteiger partial charge in [0.1, 0.15) is 0 Å². The second-order valence-corrected chi connectivity index (χ2v) is 7.36. The first-order valence-corrected chi connectivity index (χ1v) is 8.67. The van der Waals surface area contributed by atoms with Crippen LogP contribution in [0, 0.1) is 5.92 Å². The van der Waals surface area contributed by atoms with Crippen LogP contribution < -0.4 is 4.72 Å². The maximum atomic E-state index is 12.2. The van der Waals surface area contributed by atoms with Gasteiger partial charge in [0.25, 0.3) is 0 Å². The molecule has 6 heteroatoms. The molecule has 1 saturated heterocycles. The Kier molecular flexibility index (Phi) is 5.00. The number of hydrogen-bond donors (Lipinski definition) is 1. The first-order chi connectivity index (χ1) is 9.03. The molecule has 1 fully saturated rings. The van der Waals surface area contributed by atoms with E-state index in [0.717, 1.165) is 23.9 Å². The van der Waals surface area contributed by atoms with Crippen LogP contribution in [0.15, 0.2) is 33.6 Å². The molecule has 0 bridgehead atoms. The second kappa shape index (κ2) is 6.35. The lowest BCUT2D eigenvalue weighted by atomic mass is 10.0. The summed E-state index contributed by atoms with van der Waals surface area (Å²) in [6.07, 6.45) is 2.01. The van der Waals surface area contributed by atoms with Gasteiger partial charge in [-0.05, 0) is 31.0 Å². The minimum absolute atomic E-state index is 0.171. The van der Waals surface area contributed by atoms with Gasteiger partial charge >= 0.3 is 0 Å². The Balaban J connectivity index is 2.02. The third-order valence-corrected chi connectivity index (χ3v) is 5.31. The Morgan fingerprint density at radius 1 is 1.47 bits per heavy atom. The normalized spacial score (nSPS) is 23.7. The number of hydrogen-bond acceptors (Lipinski definition) is 3. The fourth-order valence-electron chi connectivity index (χ4n) is 2.31. The molecular weight excluding hydrogens is 330 g/mol. The third kappa shape index (κ3) is 3.78. The van der Waals surface area contributed by atoms with E-state index < -0.39 is 10.0 Å². The summed E-state index contributed by atoms with van der Waals surface area (Å²) < 4.78 is 33.3. The maximum Gasteiger partial charge on any atom is 0.240 e. The fourth-order valence-corrected chi connectivity index (χ4v) is 4.00. The van der Waals surface area contributed by atoms with Crippen LogP contribution in [0.3, 0.4) is 0 Å². The van der Waals surface area contributed by atoms with Gasteiger partial charge in [0, 0.05) is 23.5 Å². The highest BCUT2D eigenvalue weighted by Gasteiger charge is 2.28. The second-order valence-electron chi connectivity index (χ2n) is 4.68. The molecule has 0 radical (unpaired) electrons. The van der Waals surface area contributed by atoms with Crippen molar-refractivity contribution in [2.45, 2.75) is 30.8 Å². The van der Waals surface area contributed by atoms with E-state index >= 15 is 0 Å². The van der Waals surface area contributed by atoms with E-state index in [9.17, 15) is 8.42 Å². The van der Waals surface area contributed by atoms with Crippen LogP contribution in [-0.4, -0.2) is 27.7 Å². The molecule has 0 amide bonds. The number of benzene rings is 1. The standard InChI is InChI=1S/C13H18BrNO3S/c1-2-13-10(6-7-18-13)9-15-19(16,17)12-5-3-4-11(14)8-12/h3-5,8,10,13,15H,2,6-7,9H2,1H3. The molecule has 1 aromatic carbocycles. The summed E-state index contributed by atoms with van der Waals surface area (Å²) in [5, 5.41) is 0. The summed E-state index contributed by atoms with van der Waals surface area (Å²) in [6, 6.07) is 6.71. The molecule has 0 aliphatic carbocycles. The van der Waals surface area contributed by atoms with Gasteiger partial charge in [-0.2, -0.15) is 0 Å². The van der Waals surface area contributed by atoms with Crippen LogP contribution in [0.25, 0.3) is 0 Å². The number of rotatable bonds is 5. The minimum atomic E-state index is -3.44. The Hall–Kier alpha value is -0.430. The molecule has 1 aliphatic rings. The van der Waals surface area contributed by atoms with Crippen molar-refractivity contribution in [1.29, 1.82) is 0 Å². The van der Waals surface area contributed by atoms with Gasteiger partial charge in [-0.1, -0.05) is 28.9 Å². The summed E-state index contributed by atoms with van der Waals surface area (Å²) in [5.41, 5.74) is 0. The number of nitrogens with one attached hydrogen (secondary N) is 1. The molecule has 106 valence electrons. The molecule has 0 saturated carbocycles. The highest BCUT2D eigenvalue weighted by molar-refractivity contribution is 9.10. The predicted molar refractivity (Wildman–Crippen MR) is 77.5 cm³/mol. The lowest BCUT2D eigenvalue weighted by Gasteiger charge is -2.17. The van der Waals surface area contributed by atoms with E-state index in [2.05, 4.69) is 27.6 Å². The molecule has 1 aromatic rings. The highest BCUT2D eigenvalue weighted by Crippen LogP contribution is 2.23. The average molecular weight is 348 g/mol. The number of sulfonamides is 1. The van der Waals surface area contributed by atoms with Crippen LogP contribution in [0.2, 0.25) is 0 Å². The summed E-state index contributed by atoms with van der Waals surface area (Å²) in [6.45, 7) is 3.22. The molecular formula is C13H18BrNO3S. The van der Waals surface area contributed by atoms with Crippen LogP contribution in [0.5, 0.6) is 0 Å². The highest BCUT2D eigenvalue weighted by atomic mass is 79.9. The van der Waals surface area contributed by atoms with Crippen molar-refractivity contribution in [2.75, 3.05) is 13.2 Å². The molecule has 2 unspecified atom stereocenters. The van der Waals surface area contributed by atoms with Crippen molar-refractivity contribution in [3.8, 4) is 0 Å². The molecule has 2 rings (SSSR count). The summed E-state index contributed by atoms with van der Waals surface area (Å²) in [5.74, 6) is 0.270. The Morgan fingerprint density at radius 3 is 2.95 bits per heavy atom. The van der Waals surface area contributed by atoms with Gasteiger partial charge in [0.2, 0.25) is 10.0 Å². The van der Waals surface area contributed by atoms with E-state index in [-0.39, 0.29) is 16.9 Å². The van der Waals surface area contributed by atoms with Crippen molar-refractivity contribution in [3.63, 3.8) is 0 Å². The molecule has 1 N–H and O–H groups in total. The van der Waals surface area contributed by atoms with E-state index in [4.69, 9.17) is 4.74 Å². The quantitative estimate of drug-likeness (QED) is 0.890. The zero-order chi connectivity index (χ0) is 13.9. The molecule has 1 aliphatic heterocycles. The number of halogens is 1. The molecule has 0 aromatic heterocycles. The average Bonchev–Trinajstić information content (AvgIpc) is 2.84. The van der Waals surface area contributed by atoms with Crippen molar-refractivity contribution in [3.05, 3.63) is 28.7 Å². The van der Waals surface area contributed by atoms with E-state index in [0.29, 0.717) is 6.54 Å². The molecule has 19 heavy (non-hydrogen) atoms. The molecule has 4 nitrogen and oxygen atoms in total. The van der Waals surface area contributed by atoms with Gasteiger partial charge < -0.3 is 4.74 Å². The van der Waals surface area contributed by atoms with Crippen molar-refractivity contribution in [2.24, 2.45) is 5.92 Å². The summed E-state index contributed by atoms with van der Waals surface area (Å²) >= 11 is 3.28. The summed E-state index contributed by atoms with van der Waals surface area (Å²) in [7, 11) is -3.44. The van der Waals surface area contributed by atoms with Crippen molar-refractivity contribution < 1.29 is 13.2 Å². The molecule has 2 atom stereocenters. The van der Waals surface area contributed by atoms with Gasteiger partial charge in [-0.15, -0.1) is 0 Å². The van der Waals surface area contributed by atoms with Gasteiger partial charge in [0.05, 0.1) is 11.0 Å². The first-order valence-electron chi connectivity index (χ1n) is 6.40. The first kappa shape index (κ1) is 15.0. The Morgan fingerprint density at radius 2 is 2.26 bits per heavy atom. The SMILES string of the molecule is CCC1OCCC1CNS(=O)(=O)c1cccc(Br)c1. The van der Waals surface area contributed by atoms with E-state index in [1.807, 2.05) is 0 Å². The van der Waals surface area contributed by atoms with Gasteiger partial charge in [-0.3, -0.25) is 0 Å². The predicted octanol–water partition coefficient (Wildman–Crippen LogP) is 2.54. The van der Waals surface area contributed by atoms with E-state index in [1.54, 1.807) is 24.3 Å². The lowest BCUT2D eigenvalue weighted by Crippen LogP contribution is -2.32. The fraction of sp³-hybridized carbons (Fsp3) is 0.538. The van der Waals surface area contributed by atoms with Crippen LogP contribution in [0.4, 0.5) is 0 Å². The van der Waals surface area contributed by atoms with Crippen LogP contribution in [-0.2, 0) is 14.8 Å². The largest absolute Gasteiger partial charge is 0.378 e. The zero-order valence-corrected chi connectivity index (χ0v) is 13.2. The van der Waals surface area contributed by atoms with Crippen LogP contribution in [0.1, 0.15) is 19.8 Å². The third-order valence-electron chi connectivity index (χ3n) is 3.39. The molecule has 0 spiro atoms. The van der Waals surface area contributed by atoms with Gasteiger partial charge in [-0.25, -0.2) is 13.1 Å². The lowest BCUT2D eigenvalue weighted by molar-refractivity contribution is 0.0884. The smallest absolute Gasteiger partial charge is 0.240 e. The Bertz CT molecular complexity index is 532.